The minimum atomic E-state index is 0.00632. The van der Waals surface area contributed by atoms with Crippen molar-refractivity contribution in [2.75, 3.05) is 14.2 Å². The Morgan fingerprint density at radius 1 is 1.08 bits per heavy atom. The molecule has 5 rings (SSSR count). The van der Waals surface area contributed by atoms with Gasteiger partial charge in [-0.1, -0.05) is 12.1 Å². The van der Waals surface area contributed by atoms with Crippen LogP contribution in [0.15, 0.2) is 24.3 Å². The molecular weight excluding hydrogens is 314 g/mol. The first-order valence-electron chi connectivity index (χ1n) is 9.32. The summed E-state index contributed by atoms with van der Waals surface area (Å²) in [5.74, 6) is 3.82. The van der Waals surface area contributed by atoms with E-state index in [0.717, 1.165) is 23.3 Å². The highest BCUT2D eigenvalue weighted by atomic mass is 16.5. The summed E-state index contributed by atoms with van der Waals surface area (Å²) in [5, 5.41) is 3.36. The molecule has 25 heavy (non-hydrogen) atoms. The van der Waals surface area contributed by atoms with Gasteiger partial charge in [0.25, 0.3) is 0 Å². The van der Waals surface area contributed by atoms with E-state index in [2.05, 4.69) is 5.32 Å². The standard InChI is InChI=1S/C21H27NO3/c1-24-18-5-3-4-17(20(18)25-2)6-7-19(23)22-21-11-14-8-15(12-21)10-16(9-14)13-21/h3-7,14-16H,8-13H2,1-2H3,(H,22,23)/b7-6+. The van der Waals surface area contributed by atoms with Crippen LogP contribution in [0.5, 0.6) is 11.5 Å². The molecular formula is C21H27NO3. The van der Waals surface area contributed by atoms with Crippen molar-refractivity contribution >= 4 is 12.0 Å². The number of methoxy groups -OCH3 is 2. The third kappa shape index (κ3) is 3.14. The van der Waals surface area contributed by atoms with E-state index >= 15 is 0 Å². The molecule has 0 aromatic heterocycles. The molecule has 4 bridgehead atoms. The predicted molar refractivity (Wildman–Crippen MR) is 97.6 cm³/mol. The lowest BCUT2D eigenvalue weighted by Crippen LogP contribution is -2.59. The SMILES string of the molecule is COc1cccc(/C=C/C(=O)NC23CC4CC(CC(C4)C2)C3)c1OC. The summed E-state index contributed by atoms with van der Waals surface area (Å²) in [6.45, 7) is 0. The Hall–Kier alpha value is -1.97. The summed E-state index contributed by atoms with van der Waals surface area (Å²) in [6, 6.07) is 5.68. The second-order valence-electron chi connectivity index (χ2n) is 8.10. The van der Waals surface area contributed by atoms with Crippen LogP contribution in [0.3, 0.4) is 0 Å². The van der Waals surface area contributed by atoms with Gasteiger partial charge < -0.3 is 14.8 Å². The van der Waals surface area contributed by atoms with Gasteiger partial charge in [-0.25, -0.2) is 0 Å². The van der Waals surface area contributed by atoms with Crippen LogP contribution in [0.2, 0.25) is 0 Å². The van der Waals surface area contributed by atoms with Crippen molar-refractivity contribution in [3.8, 4) is 11.5 Å². The predicted octanol–water partition coefficient (Wildman–Crippen LogP) is 3.80. The third-order valence-corrected chi connectivity index (χ3v) is 6.27. The first-order chi connectivity index (χ1) is 12.1. The minimum Gasteiger partial charge on any atom is -0.493 e. The highest BCUT2D eigenvalue weighted by molar-refractivity contribution is 5.92. The Morgan fingerprint density at radius 2 is 1.72 bits per heavy atom. The minimum absolute atomic E-state index is 0.00632. The number of hydrogen-bond donors (Lipinski definition) is 1. The fraction of sp³-hybridized carbons (Fsp3) is 0.571. The fourth-order valence-corrected chi connectivity index (χ4v) is 5.78. The van der Waals surface area contributed by atoms with Gasteiger partial charge in [0.05, 0.1) is 14.2 Å². The Labute approximate surface area is 149 Å². The molecule has 4 fully saturated rings. The lowest BCUT2D eigenvalue weighted by Gasteiger charge is -2.56. The molecule has 0 radical (unpaired) electrons. The van der Waals surface area contributed by atoms with Crippen molar-refractivity contribution in [2.45, 2.75) is 44.1 Å². The lowest BCUT2D eigenvalue weighted by molar-refractivity contribution is -0.122. The first-order valence-corrected chi connectivity index (χ1v) is 9.32. The fourth-order valence-electron chi connectivity index (χ4n) is 5.78. The zero-order valence-electron chi connectivity index (χ0n) is 15.1. The second-order valence-corrected chi connectivity index (χ2v) is 8.10. The third-order valence-electron chi connectivity index (χ3n) is 6.27. The molecule has 1 N–H and O–H groups in total. The van der Waals surface area contributed by atoms with Gasteiger partial charge in [-0.3, -0.25) is 4.79 Å². The Morgan fingerprint density at radius 3 is 2.28 bits per heavy atom. The number of ether oxygens (including phenoxy) is 2. The normalized spacial score (nSPS) is 32.8. The number of rotatable bonds is 5. The van der Waals surface area contributed by atoms with E-state index in [1.54, 1.807) is 20.3 Å². The molecule has 4 aliphatic carbocycles. The number of hydrogen-bond acceptors (Lipinski definition) is 3. The number of amides is 1. The van der Waals surface area contributed by atoms with Crippen LogP contribution in [0.1, 0.15) is 44.1 Å². The highest BCUT2D eigenvalue weighted by Crippen LogP contribution is 2.55. The van der Waals surface area contributed by atoms with Crippen LogP contribution >= 0.6 is 0 Å². The van der Waals surface area contributed by atoms with Gasteiger partial charge in [-0.2, -0.15) is 0 Å². The topological polar surface area (TPSA) is 47.6 Å². The van der Waals surface area contributed by atoms with Gasteiger partial charge in [0.15, 0.2) is 11.5 Å². The van der Waals surface area contributed by atoms with Crippen molar-refractivity contribution < 1.29 is 14.3 Å². The molecule has 0 heterocycles. The molecule has 4 heteroatoms. The van der Waals surface area contributed by atoms with Crippen molar-refractivity contribution in [2.24, 2.45) is 17.8 Å². The lowest BCUT2D eigenvalue weighted by atomic mass is 9.53. The largest absolute Gasteiger partial charge is 0.493 e. The van der Waals surface area contributed by atoms with Crippen molar-refractivity contribution in [1.29, 1.82) is 0 Å². The van der Waals surface area contributed by atoms with Gasteiger partial charge in [-0.15, -0.1) is 0 Å². The average molecular weight is 341 g/mol. The molecule has 0 unspecified atom stereocenters. The molecule has 4 saturated carbocycles. The Balaban J connectivity index is 1.47. The van der Waals surface area contributed by atoms with Crippen LogP contribution in [-0.2, 0) is 4.79 Å². The maximum atomic E-state index is 12.6. The van der Waals surface area contributed by atoms with Crippen molar-refractivity contribution in [1.82, 2.24) is 5.32 Å². The van der Waals surface area contributed by atoms with Crippen LogP contribution < -0.4 is 14.8 Å². The van der Waals surface area contributed by atoms with Gasteiger partial charge in [0.2, 0.25) is 5.91 Å². The first kappa shape index (κ1) is 16.5. The van der Waals surface area contributed by atoms with E-state index in [4.69, 9.17) is 9.47 Å². The average Bonchev–Trinajstić information content (AvgIpc) is 2.57. The number of benzene rings is 1. The molecule has 0 aliphatic heterocycles. The van der Waals surface area contributed by atoms with Gasteiger partial charge >= 0.3 is 0 Å². The van der Waals surface area contributed by atoms with Gasteiger partial charge in [0.1, 0.15) is 0 Å². The van der Waals surface area contributed by atoms with Crippen molar-refractivity contribution in [3.63, 3.8) is 0 Å². The zero-order valence-corrected chi connectivity index (χ0v) is 15.1. The molecule has 4 aliphatic rings. The van der Waals surface area contributed by atoms with Crippen molar-refractivity contribution in [3.05, 3.63) is 29.8 Å². The molecule has 0 spiro atoms. The van der Waals surface area contributed by atoms with E-state index in [9.17, 15) is 4.79 Å². The summed E-state index contributed by atoms with van der Waals surface area (Å²) in [6.07, 6.45) is 11.1. The number of para-hydroxylation sites is 1. The maximum Gasteiger partial charge on any atom is 0.244 e. The summed E-state index contributed by atoms with van der Waals surface area (Å²) in [7, 11) is 3.23. The Bertz CT molecular complexity index is 659. The van der Waals surface area contributed by atoms with E-state index < -0.39 is 0 Å². The van der Waals surface area contributed by atoms with Gasteiger partial charge in [0, 0.05) is 17.2 Å². The molecule has 1 amide bonds. The summed E-state index contributed by atoms with van der Waals surface area (Å²) < 4.78 is 10.7. The van der Waals surface area contributed by atoms with E-state index in [1.165, 1.54) is 38.5 Å². The smallest absolute Gasteiger partial charge is 0.244 e. The summed E-state index contributed by atoms with van der Waals surface area (Å²) >= 11 is 0. The summed E-state index contributed by atoms with van der Waals surface area (Å²) in [4.78, 5) is 12.6. The highest BCUT2D eigenvalue weighted by Gasteiger charge is 2.51. The monoisotopic (exact) mass is 341 g/mol. The van der Waals surface area contributed by atoms with Crippen LogP contribution in [-0.4, -0.2) is 25.7 Å². The molecule has 0 saturated heterocycles. The second kappa shape index (κ2) is 6.40. The quantitative estimate of drug-likeness (QED) is 0.829. The van der Waals surface area contributed by atoms with Crippen LogP contribution in [0.4, 0.5) is 0 Å². The van der Waals surface area contributed by atoms with E-state index in [1.807, 2.05) is 24.3 Å². The zero-order chi connectivity index (χ0) is 17.4. The van der Waals surface area contributed by atoms with E-state index in [0.29, 0.717) is 11.5 Å². The number of nitrogens with one attached hydrogen (secondary N) is 1. The van der Waals surface area contributed by atoms with E-state index in [-0.39, 0.29) is 11.4 Å². The molecule has 0 atom stereocenters. The van der Waals surface area contributed by atoms with Gasteiger partial charge in [-0.05, 0) is 68.4 Å². The number of carbonyl (C=O) groups is 1. The van der Waals surface area contributed by atoms with Crippen LogP contribution in [0.25, 0.3) is 6.08 Å². The molecule has 4 nitrogen and oxygen atoms in total. The summed E-state index contributed by atoms with van der Waals surface area (Å²) in [5.41, 5.74) is 0.900. The maximum absolute atomic E-state index is 12.6. The Kier molecular flexibility index (Phi) is 4.22. The van der Waals surface area contributed by atoms with Crippen LogP contribution in [0, 0.1) is 17.8 Å². The number of carbonyl (C=O) groups excluding carboxylic acids is 1. The molecule has 134 valence electrons. The molecule has 1 aromatic rings. The molecule has 1 aromatic carbocycles.